The molecule has 3 heterocycles. The summed E-state index contributed by atoms with van der Waals surface area (Å²) in [4.78, 5) is 15.7. The molecular weight excluding hydrogens is 604 g/mol. The van der Waals surface area contributed by atoms with Gasteiger partial charge < -0.3 is 27.0 Å². The van der Waals surface area contributed by atoms with Crippen LogP contribution in [0.3, 0.4) is 0 Å². The van der Waals surface area contributed by atoms with Crippen molar-refractivity contribution in [2.45, 2.75) is 39.0 Å². The molecule has 11 nitrogen and oxygen atoms in total. The molecule has 7 rings (SSSR count). The number of nitrogens with two attached hydrogens (primary N) is 3. The van der Waals surface area contributed by atoms with E-state index in [1.807, 2.05) is 71.9 Å². The summed E-state index contributed by atoms with van der Waals surface area (Å²) in [6.45, 7) is 10.5. The van der Waals surface area contributed by atoms with Crippen molar-refractivity contribution in [1.29, 1.82) is 0 Å². The molecule has 2 aliphatic heterocycles. The fraction of sp³-hybridized carbons (Fsp3) is 0.297. The summed E-state index contributed by atoms with van der Waals surface area (Å²) < 4.78 is 7.41. The highest BCUT2D eigenvalue weighted by Gasteiger charge is 2.47. The standard InChI is InChI=1S/C37H42N8O3/c1-37(2,3)45-34(38)30(36(40)47)32(28-11-9-26-22-29(46)13-12-25(26)21-28)44(45)33-31(27-10-8-23-6-4-5-7-24(23)20-27)41-43(35(33)39)15-14-42-16-18-48-19-17-42/h4-13,20-22,34,46H,14-19,38-39H2,1-3H3,(H2,40,47). The molecule has 248 valence electrons. The molecule has 5 aromatic rings. The molecule has 1 amide bonds. The third kappa shape index (κ3) is 5.64. The lowest BCUT2D eigenvalue weighted by molar-refractivity contribution is -0.115. The molecule has 2 aliphatic rings. The predicted octanol–water partition coefficient (Wildman–Crippen LogP) is 4.49. The number of nitrogen functional groups attached to an aromatic ring is 1. The fourth-order valence-corrected chi connectivity index (χ4v) is 6.90. The van der Waals surface area contributed by atoms with Crippen LogP contribution in [0.2, 0.25) is 0 Å². The maximum atomic E-state index is 13.4. The largest absolute Gasteiger partial charge is 0.508 e. The lowest BCUT2D eigenvalue weighted by Gasteiger charge is -2.43. The fourth-order valence-electron chi connectivity index (χ4n) is 6.90. The first-order chi connectivity index (χ1) is 23.0. The molecule has 1 saturated heterocycles. The second kappa shape index (κ2) is 12.3. The van der Waals surface area contributed by atoms with Gasteiger partial charge >= 0.3 is 0 Å². The summed E-state index contributed by atoms with van der Waals surface area (Å²) in [5, 5.41) is 23.1. The number of fused-ring (bicyclic) bond motifs is 2. The number of primary amides is 1. The van der Waals surface area contributed by atoms with E-state index in [9.17, 15) is 9.90 Å². The predicted molar refractivity (Wildman–Crippen MR) is 191 cm³/mol. The zero-order valence-corrected chi connectivity index (χ0v) is 27.6. The quantitative estimate of drug-likeness (QED) is 0.200. The number of amides is 1. The van der Waals surface area contributed by atoms with Gasteiger partial charge in [-0.3, -0.25) is 14.7 Å². The number of rotatable bonds is 7. The van der Waals surface area contributed by atoms with Crippen molar-refractivity contribution in [2.24, 2.45) is 11.5 Å². The van der Waals surface area contributed by atoms with Crippen molar-refractivity contribution in [3.8, 4) is 17.0 Å². The van der Waals surface area contributed by atoms with E-state index in [2.05, 4.69) is 35.2 Å². The number of nitrogens with zero attached hydrogens (tertiary/aromatic N) is 5. The molecule has 0 aliphatic carbocycles. The Labute approximate surface area is 279 Å². The van der Waals surface area contributed by atoms with Crippen LogP contribution in [-0.4, -0.2) is 75.3 Å². The van der Waals surface area contributed by atoms with Gasteiger partial charge in [-0.15, -0.1) is 0 Å². The molecule has 0 bridgehead atoms. The first kappa shape index (κ1) is 31.6. The Balaban J connectivity index is 1.46. The average Bonchev–Trinajstić information content (AvgIpc) is 3.56. The lowest BCUT2D eigenvalue weighted by atomic mass is 10.00. The third-order valence-corrected chi connectivity index (χ3v) is 9.22. The number of aromatic nitrogens is 2. The summed E-state index contributed by atoms with van der Waals surface area (Å²) in [7, 11) is 0. The smallest absolute Gasteiger partial charge is 0.249 e. The molecule has 1 fully saturated rings. The maximum absolute atomic E-state index is 13.4. The number of phenols is 1. The molecule has 48 heavy (non-hydrogen) atoms. The van der Waals surface area contributed by atoms with Crippen LogP contribution < -0.4 is 22.2 Å². The van der Waals surface area contributed by atoms with Crippen LogP contribution in [0.1, 0.15) is 26.3 Å². The van der Waals surface area contributed by atoms with Crippen LogP contribution in [-0.2, 0) is 16.1 Å². The van der Waals surface area contributed by atoms with Gasteiger partial charge in [-0.2, -0.15) is 10.1 Å². The van der Waals surface area contributed by atoms with Crippen LogP contribution in [0.25, 0.3) is 38.5 Å². The Morgan fingerprint density at radius 3 is 2.25 bits per heavy atom. The number of morpholine rings is 1. The van der Waals surface area contributed by atoms with Gasteiger partial charge in [-0.05, 0) is 66.6 Å². The molecule has 0 radical (unpaired) electrons. The highest BCUT2D eigenvalue weighted by atomic mass is 16.5. The molecule has 0 spiro atoms. The third-order valence-electron chi connectivity index (χ3n) is 9.22. The first-order valence-electron chi connectivity index (χ1n) is 16.3. The average molecular weight is 647 g/mol. The van der Waals surface area contributed by atoms with E-state index >= 15 is 0 Å². The van der Waals surface area contributed by atoms with Gasteiger partial charge in [0.05, 0.1) is 31.0 Å². The Morgan fingerprint density at radius 1 is 0.896 bits per heavy atom. The van der Waals surface area contributed by atoms with Crippen molar-refractivity contribution < 1.29 is 14.6 Å². The zero-order chi connectivity index (χ0) is 33.7. The van der Waals surface area contributed by atoms with Crippen LogP contribution >= 0.6 is 0 Å². The second-order valence-electron chi connectivity index (χ2n) is 13.5. The van der Waals surface area contributed by atoms with E-state index < -0.39 is 17.6 Å². The van der Waals surface area contributed by atoms with E-state index in [-0.39, 0.29) is 11.3 Å². The zero-order valence-electron chi connectivity index (χ0n) is 27.6. The Kier molecular flexibility index (Phi) is 8.08. The molecule has 0 saturated carbocycles. The number of carbonyl (C=O) groups is 1. The summed E-state index contributed by atoms with van der Waals surface area (Å²) in [5.41, 5.74) is 23.4. The van der Waals surface area contributed by atoms with Gasteiger partial charge in [0.25, 0.3) is 0 Å². The van der Waals surface area contributed by atoms with Gasteiger partial charge in [0.2, 0.25) is 5.91 Å². The minimum atomic E-state index is -0.867. The topological polar surface area (TPSA) is 152 Å². The van der Waals surface area contributed by atoms with Gasteiger partial charge in [0, 0.05) is 36.3 Å². The number of hydrogen-bond acceptors (Lipinski definition) is 9. The van der Waals surface area contributed by atoms with E-state index in [0.29, 0.717) is 42.7 Å². The number of aromatic hydroxyl groups is 1. The lowest BCUT2D eigenvalue weighted by Crippen LogP contribution is -2.57. The van der Waals surface area contributed by atoms with Crippen molar-refractivity contribution in [3.63, 3.8) is 0 Å². The number of phenolic OH excluding ortho intramolecular Hbond substituents is 1. The van der Waals surface area contributed by atoms with Crippen LogP contribution in [0.4, 0.5) is 11.5 Å². The van der Waals surface area contributed by atoms with Gasteiger partial charge in [-0.1, -0.05) is 54.6 Å². The van der Waals surface area contributed by atoms with Crippen molar-refractivity contribution in [3.05, 3.63) is 90.0 Å². The number of hydrazine groups is 1. The summed E-state index contributed by atoms with van der Waals surface area (Å²) in [6.07, 6.45) is -0.867. The summed E-state index contributed by atoms with van der Waals surface area (Å²) >= 11 is 0. The molecule has 4 aromatic carbocycles. The molecule has 7 N–H and O–H groups in total. The van der Waals surface area contributed by atoms with Gasteiger partial charge in [0.1, 0.15) is 29.1 Å². The second-order valence-corrected chi connectivity index (χ2v) is 13.5. The first-order valence-corrected chi connectivity index (χ1v) is 16.3. The molecular formula is C37H42N8O3. The highest BCUT2D eigenvalue weighted by molar-refractivity contribution is 6.08. The highest BCUT2D eigenvalue weighted by Crippen LogP contribution is 2.48. The molecule has 11 heteroatoms. The number of ether oxygens (including phenoxy) is 1. The molecule has 1 aromatic heterocycles. The minimum Gasteiger partial charge on any atom is -0.508 e. The molecule has 1 unspecified atom stereocenters. The Morgan fingerprint density at radius 2 is 1.52 bits per heavy atom. The Hall–Kier alpha value is -4.94. The summed E-state index contributed by atoms with van der Waals surface area (Å²) in [6, 6.07) is 25.4. The summed E-state index contributed by atoms with van der Waals surface area (Å²) in [5.74, 6) is 0.000367. The normalized spacial score (nSPS) is 18.0. The van der Waals surface area contributed by atoms with Gasteiger partial charge in [-0.25, -0.2) is 4.68 Å². The van der Waals surface area contributed by atoms with Crippen molar-refractivity contribution in [1.82, 2.24) is 19.7 Å². The van der Waals surface area contributed by atoms with Crippen LogP contribution in [0, 0.1) is 0 Å². The van der Waals surface area contributed by atoms with Crippen molar-refractivity contribution in [2.75, 3.05) is 43.6 Å². The number of anilines is 2. The van der Waals surface area contributed by atoms with Gasteiger partial charge in [0.15, 0.2) is 0 Å². The maximum Gasteiger partial charge on any atom is 0.249 e. The Bertz CT molecular complexity index is 2060. The van der Waals surface area contributed by atoms with Crippen molar-refractivity contribution >= 4 is 44.7 Å². The van der Waals surface area contributed by atoms with E-state index in [1.165, 1.54) is 0 Å². The monoisotopic (exact) mass is 646 g/mol. The van der Waals surface area contributed by atoms with Crippen LogP contribution in [0.5, 0.6) is 5.75 Å². The number of hydrogen-bond donors (Lipinski definition) is 4. The van der Waals surface area contributed by atoms with E-state index in [1.54, 1.807) is 12.1 Å². The number of carbonyl (C=O) groups excluding carboxylic acids is 1. The molecule has 1 atom stereocenters. The van der Waals surface area contributed by atoms with E-state index in [4.69, 9.17) is 27.0 Å². The number of benzene rings is 4. The van der Waals surface area contributed by atoms with E-state index in [0.717, 1.165) is 52.3 Å². The SMILES string of the molecule is CC(C)(C)N1C(N)C(C(N)=O)=C(c2ccc3cc(O)ccc3c2)N1c1c(-c2ccc3ccccc3c2)nn(CCN2CCOCC2)c1N. The minimum absolute atomic E-state index is 0.174. The van der Waals surface area contributed by atoms with Crippen LogP contribution in [0.15, 0.2) is 84.4 Å².